The number of hydrogen-bond donors (Lipinski definition) is 2. The number of likely N-dealkylation sites (tertiary alicyclic amines) is 1. The van der Waals surface area contributed by atoms with Crippen molar-refractivity contribution in [1.82, 2.24) is 15.2 Å². The summed E-state index contributed by atoms with van der Waals surface area (Å²) in [4.78, 5) is 43.9. The van der Waals surface area contributed by atoms with Crippen molar-refractivity contribution in [3.63, 3.8) is 0 Å². The van der Waals surface area contributed by atoms with Crippen molar-refractivity contribution in [2.75, 3.05) is 25.0 Å². The average molecular weight is 453 g/mol. The van der Waals surface area contributed by atoms with Gasteiger partial charge in [0.25, 0.3) is 0 Å². The van der Waals surface area contributed by atoms with Gasteiger partial charge >= 0.3 is 0 Å². The molecule has 0 aromatic carbocycles. The van der Waals surface area contributed by atoms with Crippen molar-refractivity contribution in [2.24, 2.45) is 29.1 Å². The molecule has 6 rings (SSSR count). The van der Waals surface area contributed by atoms with Crippen molar-refractivity contribution in [3.8, 4) is 0 Å². The van der Waals surface area contributed by atoms with Crippen LogP contribution in [0.5, 0.6) is 0 Å². The molecule has 1 saturated heterocycles. The fourth-order valence-corrected chi connectivity index (χ4v) is 7.42. The number of amides is 3. The summed E-state index contributed by atoms with van der Waals surface area (Å²) in [5.74, 6) is 2.87. The fourth-order valence-electron chi connectivity index (χ4n) is 7.42. The van der Waals surface area contributed by atoms with Crippen LogP contribution in [-0.4, -0.2) is 47.2 Å². The zero-order valence-corrected chi connectivity index (χ0v) is 19.6. The number of rotatable bonds is 6. The Morgan fingerprint density at radius 1 is 1.06 bits per heavy atom. The van der Waals surface area contributed by atoms with E-state index in [1.807, 2.05) is 19.1 Å². The van der Waals surface area contributed by atoms with Gasteiger partial charge in [-0.25, -0.2) is 4.98 Å². The molecule has 2 heterocycles. The number of anilines is 1. The Morgan fingerprint density at radius 2 is 1.70 bits per heavy atom. The third-order valence-electron chi connectivity index (χ3n) is 8.52. The Hall–Kier alpha value is -2.44. The van der Waals surface area contributed by atoms with Gasteiger partial charge in [0.05, 0.1) is 6.54 Å². The highest BCUT2D eigenvalue weighted by Gasteiger charge is 2.51. The molecule has 5 fully saturated rings. The molecular weight excluding hydrogens is 416 g/mol. The van der Waals surface area contributed by atoms with E-state index in [9.17, 15) is 14.4 Å². The van der Waals surface area contributed by atoms with Gasteiger partial charge in [-0.1, -0.05) is 0 Å². The summed E-state index contributed by atoms with van der Waals surface area (Å²) in [7, 11) is 0. The zero-order valence-electron chi connectivity index (χ0n) is 19.6. The van der Waals surface area contributed by atoms with Crippen LogP contribution >= 0.6 is 0 Å². The molecule has 0 radical (unpaired) electrons. The minimum Gasteiger partial charge on any atom is -0.347 e. The predicted octanol–water partition coefficient (Wildman–Crippen LogP) is 3.29. The van der Waals surface area contributed by atoms with Gasteiger partial charge in [-0.3, -0.25) is 14.4 Å². The number of carbonyl (C=O) groups is 3. The van der Waals surface area contributed by atoms with Crippen molar-refractivity contribution in [1.29, 1.82) is 0 Å². The van der Waals surface area contributed by atoms with Crippen molar-refractivity contribution >= 4 is 23.5 Å². The molecule has 0 spiro atoms. The molecule has 4 saturated carbocycles. The summed E-state index contributed by atoms with van der Waals surface area (Å²) in [5.41, 5.74) is 1.24. The van der Waals surface area contributed by atoms with Gasteiger partial charge in [-0.05, 0) is 99.2 Å². The van der Waals surface area contributed by atoms with E-state index in [4.69, 9.17) is 0 Å². The number of hydrogen-bond acceptors (Lipinski definition) is 4. The monoisotopic (exact) mass is 452 g/mol. The van der Waals surface area contributed by atoms with E-state index in [0.717, 1.165) is 23.3 Å². The van der Waals surface area contributed by atoms with E-state index in [1.165, 1.54) is 38.5 Å². The standard InChI is InChI=1S/C26H36N4O3/c1-17-2-5-27-22(8-17)29-25(33)21-3-6-30(7-4-21)24(32)16-28-23(31)15-26-12-18-9-19(13-26)11-20(10-18)14-26/h2,5,8,18-21H,3-4,6-7,9-16H2,1H3,(H,28,31)(H,27,29,33). The molecule has 0 unspecified atom stereocenters. The van der Waals surface area contributed by atoms with Crippen LogP contribution in [0.2, 0.25) is 0 Å². The largest absolute Gasteiger partial charge is 0.347 e. The molecule has 4 bridgehead atoms. The molecule has 1 aliphatic heterocycles. The SMILES string of the molecule is Cc1ccnc(NC(=O)C2CCN(C(=O)CNC(=O)CC34CC5CC(CC(C5)C3)C4)CC2)c1. The first-order valence-electron chi connectivity index (χ1n) is 12.7. The van der Waals surface area contributed by atoms with E-state index in [1.54, 1.807) is 11.1 Å². The minimum absolute atomic E-state index is 0.0326. The Bertz CT molecular complexity index is 887. The Balaban J connectivity index is 1.04. The van der Waals surface area contributed by atoms with E-state index in [2.05, 4.69) is 15.6 Å². The van der Waals surface area contributed by atoms with Crippen molar-refractivity contribution < 1.29 is 14.4 Å². The second-order valence-corrected chi connectivity index (χ2v) is 11.2. The maximum absolute atomic E-state index is 12.7. The van der Waals surface area contributed by atoms with Crippen LogP contribution in [0.1, 0.15) is 63.4 Å². The number of aryl methyl sites for hydroxylation is 1. The molecule has 7 nitrogen and oxygen atoms in total. The number of aromatic nitrogens is 1. The van der Waals surface area contributed by atoms with Crippen molar-refractivity contribution in [2.45, 2.75) is 64.7 Å². The lowest BCUT2D eigenvalue weighted by Gasteiger charge is -2.56. The van der Waals surface area contributed by atoms with Crippen LogP contribution in [0.3, 0.4) is 0 Å². The van der Waals surface area contributed by atoms with Gasteiger partial charge in [0, 0.05) is 31.6 Å². The van der Waals surface area contributed by atoms with Gasteiger partial charge in [-0.2, -0.15) is 0 Å². The highest BCUT2D eigenvalue weighted by Crippen LogP contribution is 2.61. The topological polar surface area (TPSA) is 91.4 Å². The zero-order chi connectivity index (χ0) is 23.0. The second-order valence-electron chi connectivity index (χ2n) is 11.2. The van der Waals surface area contributed by atoms with E-state index >= 15 is 0 Å². The van der Waals surface area contributed by atoms with Crippen molar-refractivity contribution in [3.05, 3.63) is 23.9 Å². The molecule has 2 N–H and O–H groups in total. The highest BCUT2D eigenvalue weighted by molar-refractivity contribution is 5.92. The van der Waals surface area contributed by atoms with Crippen LogP contribution in [-0.2, 0) is 14.4 Å². The predicted molar refractivity (Wildman–Crippen MR) is 125 cm³/mol. The first-order chi connectivity index (χ1) is 15.9. The van der Waals surface area contributed by atoms with Gasteiger partial charge in [0.1, 0.15) is 5.82 Å². The fraction of sp³-hybridized carbons (Fsp3) is 0.692. The molecule has 0 atom stereocenters. The summed E-state index contributed by atoms with van der Waals surface area (Å²) in [6.45, 7) is 3.12. The maximum Gasteiger partial charge on any atom is 0.241 e. The van der Waals surface area contributed by atoms with E-state index in [0.29, 0.717) is 38.2 Å². The summed E-state index contributed by atoms with van der Waals surface area (Å²) in [6.07, 6.45) is 11.2. The Morgan fingerprint density at radius 3 is 2.30 bits per heavy atom. The molecule has 3 amide bonds. The molecule has 178 valence electrons. The van der Waals surface area contributed by atoms with Gasteiger partial charge < -0.3 is 15.5 Å². The smallest absolute Gasteiger partial charge is 0.241 e. The van der Waals surface area contributed by atoms with Crippen LogP contribution in [0.4, 0.5) is 5.82 Å². The van der Waals surface area contributed by atoms with Gasteiger partial charge in [0.15, 0.2) is 0 Å². The molecular formula is C26H36N4O3. The van der Waals surface area contributed by atoms with E-state index in [-0.39, 0.29) is 35.6 Å². The number of pyridine rings is 1. The van der Waals surface area contributed by atoms with E-state index < -0.39 is 0 Å². The first kappa shape index (κ1) is 22.4. The molecule has 4 aliphatic carbocycles. The first-order valence-corrected chi connectivity index (χ1v) is 12.7. The quantitative estimate of drug-likeness (QED) is 0.693. The summed E-state index contributed by atoms with van der Waals surface area (Å²) >= 11 is 0. The lowest BCUT2D eigenvalue weighted by Crippen LogP contribution is -2.49. The minimum atomic E-state index is -0.123. The molecule has 33 heavy (non-hydrogen) atoms. The van der Waals surface area contributed by atoms with Crippen LogP contribution < -0.4 is 10.6 Å². The summed E-state index contributed by atoms with van der Waals surface area (Å²) < 4.78 is 0. The number of carbonyl (C=O) groups excluding carboxylic acids is 3. The van der Waals surface area contributed by atoms with Crippen LogP contribution in [0.25, 0.3) is 0 Å². The Labute approximate surface area is 196 Å². The molecule has 1 aromatic heterocycles. The lowest BCUT2D eigenvalue weighted by molar-refractivity contribution is -0.137. The number of nitrogens with zero attached hydrogens (tertiary/aromatic N) is 2. The summed E-state index contributed by atoms with van der Waals surface area (Å²) in [6, 6.07) is 3.74. The molecule has 1 aromatic rings. The lowest BCUT2D eigenvalue weighted by atomic mass is 9.49. The normalized spacial score (nSPS) is 30.8. The second kappa shape index (κ2) is 9.07. The average Bonchev–Trinajstić information content (AvgIpc) is 2.76. The molecule has 7 heteroatoms. The maximum atomic E-state index is 12.7. The third-order valence-corrected chi connectivity index (χ3v) is 8.52. The molecule has 5 aliphatic rings. The summed E-state index contributed by atoms with van der Waals surface area (Å²) in [5, 5.41) is 5.80. The van der Waals surface area contributed by atoms with Crippen LogP contribution in [0, 0.1) is 36.0 Å². The van der Waals surface area contributed by atoms with Gasteiger partial charge in [-0.15, -0.1) is 0 Å². The van der Waals surface area contributed by atoms with Gasteiger partial charge in [0.2, 0.25) is 17.7 Å². The Kier molecular flexibility index (Phi) is 6.14. The highest BCUT2D eigenvalue weighted by atomic mass is 16.2. The number of nitrogens with one attached hydrogen (secondary N) is 2. The number of piperidine rings is 1. The third kappa shape index (κ3) is 5.07. The van der Waals surface area contributed by atoms with Crippen LogP contribution in [0.15, 0.2) is 18.3 Å².